The van der Waals surface area contributed by atoms with Gasteiger partial charge in [-0.3, -0.25) is 9.80 Å². The molecule has 150 valence electrons. The highest BCUT2D eigenvalue weighted by Crippen LogP contribution is 2.30. The molecule has 4 rings (SSSR count). The molecule has 0 saturated carbocycles. The van der Waals surface area contributed by atoms with E-state index in [0.29, 0.717) is 12.2 Å². The molecule has 2 aromatic rings. The largest absolute Gasteiger partial charge is 0.512 e. The van der Waals surface area contributed by atoms with Gasteiger partial charge in [0.2, 0.25) is 0 Å². The van der Waals surface area contributed by atoms with Crippen molar-refractivity contribution in [1.82, 2.24) is 9.80 Å². The molecule has 1 aliphatic heterocycles. The molecule has 1 fully saturated rings. The van der Waals surface area contributed by atoms with Crippen LogP contribution in [0.2, 0.25) is 5.02 Å². The maximum atomic E-state index is 9.91. The normalized spacial score (nSPS) is 19.3. The highest BCUT2D eigenvalue weighted by molar-refractivity contribution is 6.30. The van der Waals surface area contributed by atoms with Gasteiger partial charge in [-0.2, -0.15) is 0 Å². The Morgan fingerprint density at radius 1 is 0.828 bits per heavy atom. The first-order valence-electron chi connectivity index (χ1n) is 10.2. The number of piperazine rings is 1. The van der Waals surface area contributed by atoms with Gasteiger partial charge in [-0.25, -0.2) is 0 Å². The van der Waals surface area contributed by atoms with E-state index in [-0.39, 0.29) is 6.04 Å². The zero-order valence-electron chi connectivity index (χ0n) is 16.5. The molecule has 3 nitrogen and oxygen atoms in total. The summed E-state index contributed by atoms with van der Waals surface area (Å²) >= 11 is 6.13. The van der Waals surface area contributed by atoms with Crippen molar-refractivity contribution in [3.63, 3.8) is 0 Å². The molecule has 2 aliphatic rings. The van der Waals surface area contributed by atoms with Crippen LogP contribution >= 0.6 is 11.6 Å². The van der Waals surface area contributed by atoms with Crippen LogP contribution in [0.5, 0.6) is 0 Å². The molecule has 1 N–H and O–H groups in total. The minimum Gasteiger partial charge on any atom is -0.512 e. The summed E-state index contributed by atoms with van der Waals surface area (Å²) in [6.45, 7) is 4.96. The van der Waals surface area contributed by atoms with Gasteiger partial charge in [0.1, 0.15) is 0 Å². The second-order valence-electron chi connectivity index (χ2n) is 7.72. The second kappa shape index (κ2) is 9.45. The summed E-state index contributed by atoms with van der Waals surface area (Å²) in [5.41, 5.74) is 3.86. The van der Waals surface area contributed by atoms with Crippen molar-refractivity contribution in [2.75, 3.05) is 32.7 Å². The number of allylic oxidation sites excluding steroid dienone is 5. The average molecular weight is 407 g/mol. The first kappa shape index (κ1) is 20.0. The van der Waals surface area contributed by atoms with E-state index in [9.17, 15) is 5.11 Å². The van der Waals surface area contributed by atoms with Gasteiger partial charge in [-0.05, 0) is 34.9 Å². The first-order chi connectivity index (χ1) is 14.2. The lowest BCUT2D eigenvalue weighted by Gasteiger charge is -2.40. The van der Waals surface area contributed by atoms with Crippen LogP contribution in [0, 0.1) is 0 Å². The van der Waals surface area contributed by atoms with E-state index in [0.717, 1.165) is 37.7 Å². The van der Waals surface area contributed by atoms with Gasteiger partial charge in [0, 0.05) is 44.2 Å². The molecular formula is C25H27ClN2O. The van der Waals surface area contributed by atoms with Crippen molar-refractivity contribution in [2.24, 2.45) is 0 Å². The Bertz CT molecular complexity index is 894. The SMILES string of the molecule is OC1=CC=CC=C(CN2CCN(C(c3ccccc3)c3ccc(Cl)cc3)CC2)C1. The smallest absolute Gasteiger partial charge is 0.0963 e. The summed E-state index contributed by atoms with van der Waals surface area (Å²) in [4.78, 5) is 5.05. The third kappa shape index (κ3) is 5.18. The fourth-order valence-electron chi connectivity index (χ4n) is 4.18. The van der Waals surface area contributed by atoms with Gasteiger partial charge in [0.25, 0.3) is 0 Å². The van der Waals surface area contributed by atoms with Crippen molar-refractivity contribution >= 4 is 11.6 Å². The Morgan fingerprint density at radius 2 is 1.48 bits per heavy atom. The lowest BCUT2D eigenvalue weighted by molar-refractivity contribution is 0.115. The molecule has 0 amide bonds. The summed E-state index contributed by atoms with van der Waals surface area (Å²) in [6.07, 6.45) is 8.47. The number of aliphatic hydroxyl groups excluding tert-OH is 1. The second-order valence-corrected chi connectivity index (χ2v) is 8.16. The summed E-state index contributed by atoms with van der Waals surface area (Å²) in [6, 6.07) is 19.2. The third-order valence-corrected chi connectivity index (χ3v) is 5.89. The monoisotopic (exact) mass is 406 g/mol. The number of aliphatic hydroxyl groups is 1. The van der Waals surface area contributed by atoms with Crippen LogP contribution in [0.1, 0.15) is 23.6 Å². The van der Waals surface area contributed by atoms with E-state index in [1.165, 1.54) is 16.7 Å². The fraction of sp³-hybridized carbons (Fsp3) is 0.280. The van der Waals surface area contributed by atoms with Crippen molar-refractivity contribution in [3.8, 4) is 0 Å². The van der Waals surface area contributed by atoms with E-state index < -0.39 is 0 Å². The number of halogens is 1. The van der Waals surface area contributed by atoms with Gasteiger partial charge in [-0.15, -0.1) is 0 Å². The number of hydrogen-bond acceptors (Lipinski definition) is 3. The Balaban J connectivity index is 1.46. The molecule has 4 heteroatoms. The Kier molecular flexibility index (Phi) is 6.50. The molecule has 1 atom stereocenters. The predicted octanol–water partition coefficient (Wildman–Crippen LogP) is 5.38. The van der Waals surface area contributed by atoms with Crippen LogP contribution in [-0.2, 0) is 0 Å². The zero-order valence-corrected chi connectivity index (χ0v) is 17.3. The molecule has 29 heavy (non-hydrogen) atoms. The molecule has 0 radical (unpaired) electrons. The first-order valence-corrected chi connectivity index (χ1v) is 10.6. The number of benzene rings is 2. The topological polar surface area (TPSA) is 26.7 Å². The van der Waals surface area contributed by atoms with Gasteiger partial charge in [-0.1, -0.05) is 72.3 Å². The standard InChI is InChI=1S/C25H27ClN2O/c26-23-12-10-22(11-13-23)25(21-7-2-1-3-8-21)28-16-14-27(15-17-28)19-20-6-4-5-9-24(29)18-20/h1-13,25,29H,14-19H2. The fourth-order valence-corrected chi connectivity index (χ4v) is 4.30. The van der Waals surface area contributed by atoms with Crippen molar-refractivity contribution in [3.05, 3.63) is 106 Å². The van der Waals surface area contributed by atoms with E-state index in [2.05, 4.69) is 58.3 Å². The van der Waals surface area contributed by atoms with Crippen molar-refractivity contribution in [2.45, 2.75) is 12.5 Å². The molecule has 1 heterocycles. The summed E-state index contributed by atoms with van der Waals surface area (Å²) in [7, 11) is 0. The summed E-state index contributed by atoms with van der Waals surface area (Å²) < 4.78 is 0. The highest BCUT2D eigenvalue weighted by atomic mass is 35.5. The Labute approximate surface area is 178 Å². The van der Waals surface area contributed by atoms with Crippen molar-refractivity contribution < 1.29 is 5.11 Å². The number of nitrogens with zero attached hydrogens (tertiary/aromatic N) is 2. The van der Waals surface area contributed by atoms with Gasteiger partial charge in [0.15, 0.2) is 0 Å². The minimum absolute atomic E-state index is 0.239. The predicted molar refractivity (Wildman–Crippen MR) is 120 cm³/mol. The van der Waals surface area contributed by atoms with Crippen LogP contribution in [0.15, 0.2) is 90.2 Å². The Morgan fingerprint density at radius 3 is 2.21 bits per heavy atom. The highest BCUT2D eigenvalue weighted by Gasteiger charge is 2.26. The van der Waals surface area contributed by atoms with E-state index in [1.54, 1.807) is 6.08 Å². The van der Waals surface area contributed by atoms with Gasteiger partial charge < -0.3 is 5.11 Å². The van der Waals surface area contributed by atoms with Crippen LogP contribution in [0.3, 0.4) is 0 Å². The minimum atomic E-state index is 0.239. The van der Waals surface area contributed by atoms with Crippen LogP contribution < -0.4 is 0 Å². The number of rotatable bonds is 5. The molecular weight excluding hydrogens is 380 g/mol. The summed E-state index contributed by atoms with van der Waals surface area (Å²) in [5.74, 6) is 0.440. The average Bonchev–Trinajstić information content (AvgIpc) is 2.95. The maximum absolute atomic E-state index is 9.91. The lowest BCUT2D eigenvalue weighted by atomic mass is 9.96. The zero-order chi connectivity index (χ0) is 20.1. The van der Waals surface area contributed by atoms with E-state index >= 15 is 0 Å². The van der Waals surface area contributed by atoms with Gasteiger partial charge >= 0.3 is 0 Å². The van der Waals surface area contributed by atoms with E-state index in [4.69, 9.17) is 11.6 Å². The molecule has 1 saturated heterocycles. The van der Waals surface area contributed by atoms with Crippen LogP contribution in [0.25, 0.3) is 0 Å². The molecule has 1 unspecified atom stereocenters. The van der Waals surface area contributed by atoms with Gasteiger partial charge in [0.05, 0.1) is 11.8 Å². The lowest BCUT2D eigenvalue weighted by Crippen LogP contribution is -2.48. The molecule has 0 bridgehead atoms. The summed E-state index contributed by atoms with van der Waals surface area (Å²) in [5, 5.41) is 10.7. The molecule has 0 spiro atoms. The quantitative estimate of drug-likeness (QED) is 0.722. The van der Waals surface area contributed by atoms with Crippen molar-refractivity contribution in [1.29, 1.82) is 0 Å². The molecule has 0 aromatic heterocycles. The Hall–Kier alpha value is -2.33. The van der Waals surface area contributed by atoms with Crippen LogP contribution in [-0.4, -0.2) is 47.6 Å². The maximum Gasteiger partial charge on any atom is 0.0963 e. The number of hydrogen-bond donors (Lipinski definition) is 1. The van der Waals surface area contributed by atoms with E-state index in [1.807, 2.05) is 24.3 Å². The van der Waals surface area contributed by atoms with Crippen LogP contribution in [0.4, 0.5) is 0 Å². The molecule has 1 aliphatic carbocycles. The third-order valence-electron chi connectivity index (χ3n) is 5.64. The molecule has 2 aromatic carbocycles.